The molecule has 0 aliphatic rings. The van der Waals surface area contributed by atoms with Crippen LogP contribution < -0.4 is 5.32 Å². The van der Waals surface area contributed by atoms with E-state index in [9.17, 15) is 0 Å². The minimum Gasteiger partial charge on any atom is -0.383 e. The molecule has 0 bridgehead atoms. The van der Waals surface area contributed by atoms with E-state index in [0.29, 0.717) is 18.2 Å². The predicted octanol–water partition coefficient (Wildman–Crippen LogP) is 3.36. The highest BCUT2D eigenvalue weighted by Crippen LogP contribution is 2.32. The number of aromatic nitrogens is 2. The van der Waals surface area contributed by atoms with Crippen LogP contribution in [-0.4, -0.2) is 30.5 Å². The Labute approximate surface area is 129 Å². The molecule has 0 radical (unpaired) electrons. The summed E-state index contributed by atoms with van der Waals surface area (Å²) >= 11 is 11.1. The molecule has 102 valence electrons. The topological polar surface area (TPSA) is 47.0 Å². The third-order valence-electron chi connectivity index (χ3n) is 2.38. The molecule has 0 atom stereocenters. The predicted molar refractivity (Wildman–Crippen MR) is 81.6 cm³/mol. The summed E-state index contributed by atoms with van der Waals surface area (Å²) in [5.41, 5.74) is 0.900. The summed E-state index contributed by atoms with van der Waals surface area (Å²) in [5.74, 6) is 0. The Balaban J connectivity index is 2.06. The number of hydrogen-bond acceptors (Lipinski definition) is 5. The zero-order valence-corrected chi connectivity index (χ0v) is 13.5. The van der Waals surface area contributed by atoms with Crippen LogP contribution in [0.5, 0.6) is 0 Å². The zero-order valence-electron chi connectivity index (χ0n) is 10.3. The van der Waals surface area contributed by atoms with Crippen LogP contribution in [0.15, 0.2) is 22.7 Å². The fourth-order valence-corrected chi connectivity index (χ4v) is 2.93. The minimum absolute atomic E-state index is 0.679. The summed E-state index contributed by atoms with van der Waals surface area (Å²) < 4.78 is 5.94. The summed E-state index contributed by atoms with van der Waals surface area (Å²) in [6.07, 6.45) is 0. The van der Waals surface area contributed by atoms with E-state index < -0.39 is 0 Å². The SMILES string of the molecule is COCCNCc1nnc(-c2cc(Br)ccc2Cl)s1. The third-order valence-corrected chi connectivity index (χ3v) is 4.16. The van der Waals surface area contributed by atoms with E-state index in [0.717, 1.165) is 26.6 Å². The van der Waals surface area contributed by atoms with Gasteiger partial charge in [-0.05, 0) is 18.2 Å². The Bertz CT molecular complexity index is 550. The first-order chi connectivity index (χ1) is 9.20. The maximum atomic E-state index is 6.17. The molecule has 0 saturated carbocycles. The molecule has 0 spiro atoms. The quantitative estimate of drug-likeness (QED) is 0.801. The van der Waals surface area contributed by atoms with Crippen molar-refractivity contribution in [3.63, 3.8) is 0 Å². The molecular formula is C12H13BrClN3OS. The van der Waals surface area contributed by atoms with Crippen LogP contribution in [0, 0.1) is 0 Å². The molecule has 1 heterocycles. The van der Waals surface area contributed by atoms with E-state index >= 15 is 0 Å². The highest BCUT2D eigenvalue weighted by molar-refractivity contribution is 9.10. The largest absolute Gasteiger partial charge is 0.383 e. The number of nitrogens with zero attached hydrogens (tertiary/aromatic N) is 2. The van der Waals surface area contributed by atoms with Crippen LogP contribution in [0.1, 0.15) is 5.01 Å². The number of benzene rings is 1. The van der Waals surface area contributed by atoms with Gasteiger partial charge in [0.25, 0.3) is 0 Å². The lowest BCUT2D eigenvalue weighted by Gasteiger charge is -2.00. The van der Waals surface area contributed by atoms with Gasteiger partial charge in [-0.15, -0.1) is 10.2 Å². The van der Waals surface area contributed by atoms with Gasteiger partial charge in [0, 0.05) is 30.2 Å². The lowest BCUT2D eigenvalue weighted by atomic mass is 10.2. The molecule has 0 aliphatic heterocycles. The fourth-order valence-electron chi connectivity index (χ4n) is 1.46. The summed E-state index contributed by atoms with van der Waals surface area (Å²) in [4.78, 5) is 0. The van der Waals surface area contributed by atoms with E-state index in [1.165, 1.54) is 11.3 Å². The van der Waals surface area contributed by atoms with E-state index in [4.69, 9.17) is 16.3 Å². The van der Waals surface area contributed by atoms with Crippen molar-refractivity contribution in [3.05, 3.63) is 32.7 Å². The number of rotatable bonds is 6. The van der Waals surface area contributed by atoms with Crippen LogP contribution in [0.25, 0.3) is 10.6 Å². The maximum absolute atomic E-state index is 6.17. The van der Waals surface area contributed by atoms with Crippen LogP contribution in [0.4, 0.5) is 0 Å². The average Bonchev–Trinajstić information content (AvgIpc) is 2.86. The third kappa shape index (κ3) is 4.22. The molecule has 0 fully saturated rings. The van der Waals surface area contributed by atoms with E-state index in [2.05, 4.69) is 31.4 Å². The number of nitrogens with one attached hydrogen (secondary N) is 1. The average molecular weight is 363 g/mol. The second kappa shape index (κ2) is 7.31. The van der Waals surface area contributed by atoms with Crippen LogP contribution in [-0.2, 0) is 11.3 Å². The number of hydrogen-bond donors (Lipinski definition) is 1. The second-order valence-corrected chi connectivity index (χ2v) is 6.18. The first kappa shape index (κ1) is 14.9. The summed E-state index contributed by atoms with van der Waals surface area (Å²) in [6, 6.07) is 5.70. The smallest absolute Gasteiger partial charge is 0.149 e. The van der Waals surface area contributed by atoms with Gasteiger partial charge in [-0.25, -0.2) is 0 Å². The van der Waals surface area contributed by atoms with Crippen molar-refractivity contribution in [2.75, 3.05) is 20.3 Å². The number of methoxy groups -OCH3 is 1. The minimum atomic E-state index is 0.679. The fraction of sp³-hybridized carbons (Fsp3) is 0.333. The van der Waals surface area contributed by atoms with Crippen LogP contribution in [0.3, 0.4) is 0 Å². The first-order valence-corrected chi connectivity index (χ1v) is 7.67. The van der Waals surface area contributed by atoms with Crippen molar-refractivity contribution in [2.24, 2.45) is 0 Å². The summed E-state index contributed by atoms with van der Waals surface area (Å²) in [7, 11) is 1.68. The highest BCUT2D eigenvalue weighted by Gasteiger charge is 2.10. The molecule has 1 aromatic heterocycles. The Hall–Kier alpha value is -0.530. The Kier molecular flexibility index (Phi) is 5.72. The van der Waals surface area contributed by atoms with Gasteiger partial charge in [-0.2, -0.15) is 0 Å². The summed E-state index contributed by atoms with van der Waals surface area (Å²) in [5, 5.41) is 14.0. The van der Waals surface area contributed by atoms with E-state index in [1.807, 2.05) is 18.2 Å². The zero-order chi connectivity index (χ0) is 13.7. The first-order valence-electron chi connectivity index (χ1n) is 5.68. The molecular weight excluding hydrogens is 350 g/mol. The Morgan fingerprint density at radius 1 is 1.42 bits per heavy atom. The normalized spacial score (nSPS) is 10.9. The molecule has 1 aromatic carbocycles. The molecule has 19 heavy (non-hydrogen) atoms. The van der Waals surface area contributed by atoms with Crippen molar-refractivity contribution in [1.29, 1.82) is 0 Å². The maximum Gasteiger partial charge on any atom is 0.149 e. The molecule has 2 aromatic rings. The molecule has 1 N–H and O–H groups in total. The van der Waals surface area contributed by atoms with Gasteiger partial charge in [-0.1, -0.05) is 38.9 Å². The molecule has 0 unspecified atom stereocenters. The van der Waals surface area contributed by atoms with Gasteiger partial charge in [-0.3, -0.25) is 0 Å². The van der Waals surface area contributed by atoms with E-state index in [1.54, 1.807) is 7.11 Å². The van der Waals surface area contributed by atoms with Gasteiger partial charge in [0.2, 0.25) is 0 Å². The van der Waals surface area contributed by atoms with Crippen molar-refractivity contribution < 1.29 is 4.74 Å². The number of ether oxygens (including phenoxy) is 1. The second-order valence-electron chi connectivity index (χ2n) is 3.79. The molecule has 7 heteroatoms. The molecule has 4 nitrogen and oxygen atoms in total. The van der Waals surface area contributed by atoms with Gasteiger partial charge < -0.3 is 10.1 Å². The van der Waals surface area contributed by atoms with Crippen molar-refractivity contribution in [3.8, 4) is 10.6 Å². The highest BCUT2D eigenvalue weighted by atomic mass is 79.9. The molecule has 0 saturated heterocycles. The lowest BCUT2D eigenvalue weighted by Crippen LogP contribution is -2.18. The van der Waals surface area contributed by atoms with Gasteiger partial charge in [0.05, 0.1) is 11.6 Å². The van der Waals surface area contributed by atoms with Gasteiger partial charge in [0.15, 0.2) is 0 Å². The standard InChI is InChI=1S/C12H13BrClN3OS/c1-18-5-4-15-7-11-16-17-12(19-11)9-6-8(13)2-3-10(9)14/h2-3,6,15H,4-5,7H2,1H3. The van der Waals surface area contributed by atoms with Crippen molar-refractivity contribution in [1.82, 2.24) is 15.5 Å². The van der Waals surface area contributed by atoms with Crippen molar-refractivity contribution >= 4 is 38.9 Å². The Morgan fingerprint density at radius 3 is 3.05 bits per heavy atom. The van der Waals surface area contributed by atoms with Crippen LogP contribution in [0.2, 0.25) is 5.02 Å². The Morgan fingerprint density at radius 2 is 2.26 bits per heavy atom. The van der Waals surface area contributed by atoms with E-state index in [-0.39, 0.29) is 0 Å². The monoisotopic (exact) mass is 361 g/mol. The lowest BCUT2D eigenvalue weighted by molar-refractivity contribution is 0.199. The molecule has 2 rings (SSSR count). The number of halogens is 2. The van der Waals surface area contributed by atoms with Crippen molar-refractivity contribution in [2.45, 2.75) is 6.54 Å². The van der Waals surface area contributed by atoms with Gasteiger partial charge >= 0.3 is 0 Å². The van der Waals surface area contributed by atoms with Crippen LogP contribution >= 0.6 is 38.9 Å². The van der Waals surface area contributed by atoms with Gasteiger partial charge in [0.1, 0.15) is 10.0 Å². The summed E-state index contributed by atoms with van der Waals surface area (Å²) in [6.45, 7) is 2.17. The molecule has 0 amide bonds. The molecule has 0 aliphatic carbocycles.